The van der Waals surface area contributed by atoms with E-state index in [1.807, 2.05) is 6.20 Å². The van der Waals surface area contributed by atoms with Crippen LogP contribution in [0.1, 0.15) is 13.8 Å². The second-order valence-corrected chi connectivity index (χ2v) is 4.78. The van der Waals surface area contributed by atoms with Crippen molar-refractivity contribution in [3.63, 3.8) is 0 Å². The molecule has 0 aromatic heterocycles. The van der Waals surface area contributed by atoms with E-state index in [-0.39, 0.29) is 0 Å². The molecule has 3 rings (SSSR count). The molecule has 1 unspecified atom stereocenters. The first kappa shape index (κ1) is 10.9. The number of rotatable bonds is 1. The van der Waals surface area contributed by atoms with Gasteiger partial charge in [-0.15, -0.1) is 0 Å². The average Bonchev–Trinajstić information content (AvgIpc) is 2.67. The molecule has 0 saturated carbocycles. The highest BCUT2D eigenvalue weighted by Gasteiger charge is 2.37. The van der Waals surface area contributed by atoms with Crippen LogP contribution in [0.4, 0.5) is 0 Å². The summed E-state index contributed by atoms with van der Waals surface area (Å²) >= 11 is 0. The van der Waals surface area contributed by atoms with E-state index in [1.165, 1.54) is 11.4 Å². The van der Waals surface area contributed by atoms with Gasteiger partial charge in [0, 0.05) is 36.9 Å². The van der Waals surface area contributed by atoms with Crippen LogP contribution in [0.5, 0.6) is 0 Å². The van der Waals surface area contributed by atoms with Crippen molar-refractivity contribution in [2.45, 2.75) is 26.2 Å². The Kier molecular flexibility index (Phi) is 2.72. The number of nitrogens with one attached hydrogen (secondary N) is 2. The summed E-state index contributed by atoms with van der Waals surface area (Å²) in [5, 5.41) is 7.02. The lowest BCUT2D eigenvalue weighted by Gasteiger charge is -2.43. The fourth-order valence-corrected chi connectivity index (χ4v) is 2.71. The van der Waals surface area contributed by atoms with Crippen molar-refractivity contribution in [3.8, 4) is 0 Å². The van der Waals surface area contributed by atoms with Crippen LogP contribution in [0.25, 0.3) is 0 Å². The normalized spacial score (nSPS) is 33.4. The molecule has 0 spiro atoms. The van der Waals surface area contributed by atoms with E-state index in [2.05, 4.69) is 40.5 Å². The van der Waals surface area contributed by atoms with E-state index in [0.29, 0.717) is 12.3 Å². The highest BCUT2D eigenvalue weighted by atomic mass is 16.5. The predicted octanol–water partition coefficient (Wildman–Crippen LogP) is 0.202. The molecule has 0 bridgehead atoms. The van der Waals surface area contributed by atoms with E-state index in [1.54, 1.807) is 0 Å². The second kappa shape index (κ2) is 4.23. The van der Waals surface area contributed by atoms with Crippen LogP contribution in [0.2, 0.25) is 0 Å². The van der Waals surface area contributed by atoms with E-state index >= 15 is 0 Å². The number of hydrogen-bond donors (Lipinski definition) is 2. The largest absolute Gasteiger partial charge is 0.379 e. The van der Waals surface area contributed by atoms with Gasteiger partial charge in [0.05, 0.1) is 13.2 Å². The van der Waals surface area contributed by atoms with Crippen LogP contribution in [0.3, 0.4) is 0 Å². The van der Waals surface area contributed by atoms with Crippen molar-refractivity contribution in [3.05, 3.63) is 23.8 Å². The number of ether oxygens (including phenoxy) is 1. The van der Waals surface area contributed by atoms with Gasteiger partial charge in [-0.25, -0.2) is 0 Å². The summed E-state index contributed by atoms with van der Waals surface area (Å²) in [5.41, 5.74) is 2.58. The molecule has 5 heteroatoms. The smallest absolute Gasteiger partial charge is 0.137 e. The number of morpholine rings is 1. The third kappa shape index (κ3) is 1.79. The monoisotopic (exact) mass is 236 g/mol. The first-order valence-electron chi connectivity index (χ1n) is 6.24. The molecule has 3 aliphatic heterocycles. The highest BCUT2D eigenvalue weighted by Crippen LogP contribution is 2.25. The topological polar surface area (TPSA) is 39.8 Å². The highest BCUT2D eigenvalue weighted by molar-refractivity contribution is 5.21. The fraction of sp³-hybridized carbons (Fsp3) is 0.667. The molecule has 2 N–H and O–H groups in total. The van der Waals surface area contributed by atoms with Crippen LogP contribution in [0.15, 0.2) is 23.8 Å². The van der Waals surface area contributed by atoms with Gasteiger partial charge in [-0.2, -0.15) is 0 Å². The van der Waals surface area contributed by atoms with E-state index in [9.17, 15) is 0 Å². The zero-order valence-corrected chi connectivity index (χ0v) is 10.4. The fourth-order valence-electron chi connectivity index (χ4n) is 2.71. The Morgan fingerprint density at radius 3 is 2.76 bits per heavy atom. The van der Waals surface area contributed by atoms with Gasteiger partial charge >= 0.3 is 0 Å². The van der Waals surface area contributed by atoms with Crippen LogP contribution in [-0.4, -0.2) is 48.4 Å². The molecule has 17 heavy (non-hydrogen) atoms. The maximum absolute atomic E-state index is 5.41. The molecule has 0 aromatic rings. The Labute approximate surface area is 102 Å². The summed E-state index contributed by atoms with van der Waals surface area (Å²) in [6.07, 6.45) is 4.77. The number of hydrogen-bond acceptors (Lipinski definition) is 5. The average molecular weight is 236 g/mol. The maximum atomic E-state index is 5.41. The predicted molar refractivity (Wildman–Crippen MR) is 65.6 cm³/mol. The van der Waals surface area contributed by atoms with Crippen LogP contribution in [0, 0.1) is 0 Å². The minimum atomic E-state index is 0.304. The van der Waals surface area contributed by atoms with Gasteiger partial charge in [-0.05, 0) is 13.8 Å². The molecule has 0 aliphatic carbocycles. The Morgan fingerprint density at radius 2 is 2.00 bits per heavy atom. The number of allylic oxidation sites excluding steroid dienone is 2. The van der Waals surface area contributed by atoms with Gasteiger partial charge in [0.25, 0.3) is 0 Å². The molecule has 3 heterocycles. The molecule has 0 amide bonds. The SMILES string of the molecule is CC1=C(C)N2C=CNC(N3CCOCC3)[C@H]2N1. The summed E-state index contributed by atoms with van der Waals surface area (Å²) in [6, 6.07) is 0. The first-order chi connectivity index (χ1) is 8.27. The van der Waals surface area contributed by atoms with Crippen molar-refractivity contribution in [1.29, 1.82) is 0 Å². The maximum Gasteiger partial charge on any atom is 0.137 e. The van der Waals surface area contributed by atoms with Gasteiger partial charge < -0.3 is 20.3 Å². The summed E-state index contributed by atoms with van der Waals surface area (Å²) in [4.78, 5) is 4.76. The van der Waals surface area contributed by atoms with Gasteiger partial charge in [0.2, 0.25) is 0 Å². The Balaban J connectivity index is 1.77. The van der Waals surface area contributed by atoms with Crippen molar-refractivity contribution >= 4 is 0 Å². The molecule has 1 fully saturated rings. The van der Waals surface area contributed by atoms with Gasteiger partial charge in [0.1, 0.15) is 12.3 Å². The summed E-state index contributed by atoms with van der Waals surface area (Å²) < 4.78 is 5.41. The van der Waals surface area contributed by atoms with Crippen molar-refractivity contribution in [2.24, 2.45) is 0 Å². The summed E-state index contributed by atoms with van der Waals surface area (Å²) in [6.45, 7) is 7.96. The first-order valence-corrected chi connectivity index (χ1v) is 6.24. The molecule has 5 nitrogen and oxygen atoms in total. The summed E-state index contributed by atoms with van der Waals surface area (Å²) in [7, 11) is 0. The van der Waals surface area contributed by atoms with Crippen molar-refractivity contribution in [2.75, 3.05) is 26.3 Å². The molecular formula is C12H20N4O. The van der Waals surface area contributed by atoms with E-state index in [4.69, 9.17) is 4.74 Å². The molecule has 0 aromatic carbocycles. The van der Waals surface area contributed by atoms with Gasteiger partial charge in [-0.3, -0.25) is 4.90 Å². The second-order valence-electron chi connectivity index (χ2n) is 4.78. The number of nitrogens with zero attached hydrogens (tertiary/aromatic N) is 2. The zero-order chi connectivity index (χ0) is 11.8. The minimum absolute atomic E-state index is 0.304. The molecule has 1 saturated heterocycles. The van der Waals surface area contributed by atoms with Crippen LogP contribution in [-0.2, 0) is 4.74 Å². The van der Waals surface area contributed by atoms with Crippen molar-refractivity contribution < 1.29 is 4.74 Å². The lowest BCUT2D eigenvalue weighted by atomic mass is 10.2. The summed E-state index contributed by atoms with van der Waals surface area (Å²) in [5.74, 6) is 0. The third-order valence-electron chi connectivity index (χ3n) is 3.83. The molecular weight excluding hydrogens is 216 g/mol. The zero-order valence-electron chi connectivity index (χ0n) is 10.4. The molecule has 2 atom stereocenters. The Morgan fingerprint density at radius 1 is 1.24 bits per heavy atom. The lowest BCUT2D eigenvalue weighted by Crippen LogP contribution is -2.62. The quantitative estimate of drug-likeness (QED) is 0.681. The van der Waals surface area contributed by atoms with Crippen LogP contribution < -0.4 is 10.6 Å². The van der Waals surface area contributed by atoms with E-state index in [0.717, 1.165) is 26.3 Å². The Bertz CT molecular complexity index is 360. The van der Waals surface area contributed by atoms with Crippen LogP contribution >= 0.6 is 0 Å². The third-order valence-corrected chi connectivity index (χ3v) is 3.83. The molecule has 3 aliphatic rings. The number of fused-ring (bicyclic) bond motifs is 1. The minimum Gasteiger partial charge on any atom is -0.379 e. The molecule has 0 radical (unpaired) electrons. The Hall–Kier alpha value is -1.20. The van der Waals surface area contributed by atoms with E-state index < -0.39 is 0 Å². The van der Waals surface area contributed by atoms with Crippen molar-refractivity contribution in [1.82, 2.24) is 20.4 Å². The lowest BCUT2D eigenvalue weighted by molar-refractivity contribution is -0.0101. The van der Waals surface area contributed by atoms with Gasteiger partial charge in [-0.1, -0.05) is 0 Å². The molecule has 94 valence electrons. The van der Waals surface area contributed by atoms with Gasteiger partial charge in [0.15, 0.2) is 0 Å². The standard InChI is InChI=1S/C12H20N4O/c1-9-10(2)16-4-3-13-11(12(16)14-9)15-5-7-17-8-6-15/h3-4,11-14H,5-8H2,1-2H3/t11?,12-/m0/s1.